The van der Waals surface area contributed by atoms with Crippen LogP contribution in [0.1, 0.15) is 10.6 Å². The van der Waals surface area contributed by atoms with Crippen LogP contribution in [0.2, 0.25) is 0 Å². The second-order valence-corrected chi connectivity index (χ2v) is 3.48. The van der Waals surface area contributed by atoms with Gasteiger partial charge in [0, 0.05) is 12.1 Å². The molecule has 0 radical (unpaired) electrons. The van der Waals surface area contributed by atoms with Gasteiger partial charge in [-0.2, -0.15) is 0 Å². The maximum Gasteiger partial charge on any atom is 0.374 e. The Morgan fingerprint density at radius 2 is 2.05 bits per heavy atom. The van der Waals surface area contributed by atoms with Crippen molar-refractivity contribution in [2.75, 3.05) is 7.11 Å². The number of nitrogens with zero attached hydrogens (tertiary/aromatic N) is 1. The molecule has 0 aliphatic heterocycles. The number of phenols is 1. The minimum Gasteiger partial charge on any atom is -0.505 e. The predicted molar refractivity (Wildman–Crippen MR) is 57.0 cm³/mol. The number of aromatic nitrogens is 1. The molecule has 0 spiro atoms. The van der Waals surface area contributed by atoms with Crippen molar-refractivity contribution in [2.45, 2.75) is 0 Å². The average molecular weight is 271 g/mol. The third kappa shape index (κ3) is 2.07. The number of hydrogen-bond donors (Lipinski definition) is 2. The molecule has 1 aromatic heterocycles. The molecule has 0 unspecified atom stereocenters. The summed E-state index contributed by atoms with van der Waals surface area (Å²) in [5.41, 5.74) is -1.13. The molecule has 0 atom stereocenters. The Kier molecular flexibility index (Phi) is 3.07. The smallest absolute Gasteiger partial charge is 0.374 e. The van der Waals surface area contributed by atoms with Gasteiger partial charge in [0.15, 0.2) is 23.1 Å². The van der Waals surface area contributed by atoms with Gasteiger partial charge in [0.1, 0.15) is 5.69 Å². The number of ether oxygens (including phenoxy) is 1. The largest absolute Gasteiger partial charge is 0.505 e. The molecule has 0 saturated carbocycles. The van der Waals surface area contributed by atoms with E-state index >= 15 is 0 Å². The number of methoxy groups -OCH3 is 1. The van der Waals surface area contributed by atoms with Crippen molar-refractivity contribution in [1.29, 1.82) is 0 Å². The van der Waals surface area contributed by atoms with Crippen LogP contribution < -0.4 is 4.74 Å². The lowest BCUT2D eigenvalue weighted by Crippen LogP contribution is -1.96. The van der Waals surface area contributed by atoms with Gasteiger partial charge >= 0.3 is 5.97 Å². The molecule has 8 heteroatoms. The van der Waals surface area contributed by atoms with Crippen LogP contribution in [0.5, 0.6) is 11.5 Å². The third-order valence-corrected chi connectivity index (χ3v) is 2.35. The zero-order valence-corrected chi connectivity index (χ0v) is 9.48. The van der Waals surface area contributed by atoms with Crippen LogP contribution in [-0.4, -0.2) is 28.4 Å². The standard InChI is InChI=1S/C11H7F2NO5/c1-18-6-3-5(15)9(12)8(10(6)13)4-2-7(11(16)17)19-14-4/h2-3,15H,1H3,(H,16,17). The van der Waals surface area contributed by atoms with E-state index in [0.29, 0.717) is 0 Å². The maximum atomic E-state index is 13.9. The van der Waals surface area contributed by atoms with Crippen molar-refractivity contribution in [2.24, 2.45) is 0 Å². The number of carboxylic acids is 1. The first-order valence-corrected chi connectivity index (χ1v) is 4.91. The average Bonchev–Trinajstić information content (AvgIpc) is 2.83. The Morgan fingerprint density at radius 1 is 1.37 bits per heavy atom. The van der Waals surface area contributed by atoms with Gasteiger partial charge in [-0.1, -0.05) is 5.16 Å². The van der Waals surface area contributed by atoms with E-state index in [9.17, 15) is 18.7 Å². The fraction of sp³-hybridized carbons (Fsp3) is 0.0909. The number of rotatable bonds is 3. The van der Waals surface area contributed by atoms with Gasteiger partial charge in [0.2, 0.25) is 5.76 Å². The second kappa shape index (κ2) is 4.56. The van der Waals surface area contributed by atoms with Crippen molar-refractivity contribution in [3.63, 3.8) is 0 Å². The Morgan fingerprint density at radius 3 is 2.58 bits per heavy atom. The number of hydrogen-bond acceptors (Lipinski definition) is 5. The van der Waals surface area contributed by atoms with Crippen LogP contribution in [0, 0.1) is 11.6 Å². The highest BCUT2D eigenvalue weighted by Crippen LogP contribution is 2.36. The van der Waals surface area contributed by atoms with Crippen molar-refractivity contribution in [3.05, 3.63) is 29.5 Å². The molecule has 2 N–H and O–H groups in total. The lowest BCUT2D eigenvalue weighted by Gasteiger charge is -2.08. The predicted octanol–water partition coefficient (Wildman–Crippen LogP) is 2.03. The summed E-state index contributed by atoms with van der Waals surface area (Å²) in [6.07, 6.45) is 0. The van der Waals surface area contributed by atoms with E-state index in [1.807, 2.05) is 0 Å². The van der Waals surface area contributed by atoms with Crippen molar-refractivity contribution in [1.82, 2.24) is 5.16 Å². The number of carbonyl (C=O) groups is 1. The first-order valence-electron chi connectivity index (χ1n) is 4.91. The highest BCUT2D eigenvalue weighted by molar-refractivity contribution is 5.85. The summed E-state index contributed by atoms with van der Waals surface area (Å²) < 4.78 is 36.6. The molecular formula is C11H7F2NO5. The van der Waals surface area contributed by atoms with E-state index in [4.69, 9.17) is 5.11 Å². The summed E-state index contributed by atoms with van der Waals surface area (Å²) in [5.74, 6) is -5.70. The molecule has 0 amide bonds. The van der Waals surface area contributed by atoms with Gasteiger partial charge in [-0.15, -0.1) is 0 Å². The molecule has 1 heterocycles. The molecule has 0 aliphatic rings. The van der Waals surface area contributed by atoms with Crippen LogP contribution in [0.15, 0.2) is 16.7 Å². The lowest BCUT2D eigenvalue weighted by molar-refractivity contribution is 0.0652. The zero-order chi connectivity index (χ0) is 14.2. The highest BCUT2D eigenvalue weighted by atomic mass is 19.1. The van der Waals surface area contributed by atoms with E-state index in [1.165, 1.54) is 0 Å². The number of halogens is 2. The summed E-state index contributed by atoms with van der Waals surface area (Å²) in [6.45, 7) is 0. The SMILES string of the molecule is COc1cc(O)c(F)c(-c2cc(C(=O)O)on2)c1F. The molecule has 0 aliphatic carbocycles. The summed E-state index contributed by atoms with van der Waals surface area (Å²) in [5, 5.41) is 21.2. The lowest BCUT2D eigenvalue weighted by atomic mass is 10.1. The van der Waals surface area contributed by atoms with E-state index < -0.39 is 46.1 Å². The molecule has 2 aromatic rings. The van der Waals surface area contributed by atoms with Crippen LogP contribution in [0.3, 0.4) is 0 Å². The molecule has 1 aromatic carbocycles. The van der Waals surface area contributed by atoms with Gasteiger partial charge in [-0.3, -0.25) is 0 Å². The highest BCUT2D eigenvalue weighted by Gasteiger charge is 2.24. The van der Waals surface area contributed by atoms with Crippen molar-refractivity contribution >= 4 is 5.97 Å². The first kappa shape index (κ1) is 12.8. The number of benzene rings is 1. The normalized spacial score (nSPS) is 10.5. The van der Waals surface area contributed by atoms with Crippen LogP contribution in [0.25, 0.3) is 11.3 Å². The molecule has 100 valence electrons. The zero-order valence-electron chi connectivity index (χ0n) is 9.48. The van der Waals surface area contributed by atoms with E-state index in [1.54, 1.807) is 0 Å². The monoisotopic (exact) mass is 271 g/mol. The molecule has 0 bridgehead atoms. The Balaban J connectivity index is 2.66. The third-order valence-electron chi connectivity index (χ3n) is 2.35. The summed E-state index contributed by atoms with van der Waals surface area (Å²) >= 11 is 0. The van der Waals surface area contributed by atoms with Gasteiger partial charge in [-0.25, -0.2) is 13.6 Å². The fourth-order valence-electron chi connectivity index (χ4n) is 1.47. The van der Waals surface area contributed by atoms with E-state index in [-0.39, 0.29) is 0 Å². The summed E-state index contributed by atoms with van der Waals surface area (Å²) in [6, 6.07) is 1.59. The number of phenolic OH excluding ortho intramolecular Hbond substituents is 1. The molecule has 0 fully saturated rings. The molecular weight excluding hydrogens is 264 g/mol. The van der Waals surface area contributed by atoms with Crippen LogP contribution in [-0.2, 0) is 0 Å². The van der Waals surface area contributed by atoms with E-state index in [2.05, 4.69) is 14.4 Å². The number of carboxylic acid groups (broad SMARTS) is 1. The topological polar surface area (TPSA) is 92.8 Å². The fourth-order valence-corrected chi connectivity index (χ4v) is 1.47. The molecule has 19 heavy (non-hydrogen) atoms. The quantitative estimate of drug-likeness (QED) is 0.887. The molecule has 6 nitrogen and oxygen atoms in total. The van der Waals surface area contributed by atoms with Gasteiger partial charge in [0.25, 0.3) is 0 Å². The number of aromatic carboxylic acids is 1. The Bertz CT molecular complexity index is 653. The maximum absolute atomic E-state index is 13.9. The molecule has 2 rings (SSSR count). The first-order chi connectivity index (χ1) is 8.95. The Labute approximate surface area is 104 Å². The van der Waals surface area contributed by atoms with Crippen molar-refractivity contribution in [3.8, 4) is 22.8 Å². The summed E-state index contributed by atoms with van der Waals surface area (Å²) in [7, 11) is 1.13. The number of aromatic hydroxyl groups is 1. The van der Waals surface area contributed by atoms with Crippen molar-refractivity contribution < 1.29 is 33.0 Å². The van der Waals surface area contributed by atoms with E-state index in [0.717, 1.165) is 19.2 Å². The van der Waals surface area contributed by atoms with Crippen LogP contribution >= 0.6 is 0 Å². The Hall–Kier alpha value is -2.64. The second-order valence-electron chi connectivity index (χ2n) is 3.48. The molecule has 0 saturated heterocycles. The minimum atomic E-state index is -1.44. The van der Waals surface area contributed by atoms with Gasteiger partial charge < -0.3 is 19.5 Å². The summed E-state index contributed by atoms with van der Waals surface area (Å²) in [4.78, 5) is 10.6. The minimum absolute atomic E-state index is 0.401. The van der Waals surface area contributed by atoms with Crippen LogP contribution in [0.4, 0.5) is 8.78 Å². The van der Waals surface area contributed by atoms with Gasteiger partial charge in [-0.05, 0) is 0 Å². The van der Waals surface area contributed by atoms with Gasteiger partial charge in [0.05, 0.1) is 12.7 Å².